The van der Waals surface area contributed by atoms with Crippen LogP contribution in [0, 0.1) is 17.8 Å². The Kier molecular flexibility index (Phi) is 6.65. The van der Waals surface area contributed by atoms with Crippen molar-refractivity contribution in [2.24, 2.45) is 17.8 Å². The van der Waals surface area contributed by atoms with Gasteiger partial charge < -0.3 is 15.3 Å². The largest absolute Gasteiger partial charge is 0.481 e. The van der Waals surface area contributed by atoms with Crippen molar-refractivity contribution < 1.29 is 19.5 Å². The fourth-order valence-corrected chi connectivity index (χ4v) is 2.44. The van der Waals surface area contributed by atoms with Crippen molar-refractivity contribution in [1.82, 2.24) is 10.2 Å². The van der Waals surface area contributed by atoms with Gasteiger partial charge in [-0.3, -0.25) is 14.4 Å². The van der Waals surface area contributed by atoms with Crippen LogP contribution in [0.5, 0.6) is 0 Å². The van der Waals surface area contributed by atoms with Gasteiger partial charge >= 0.3 is 5.97 Å². The highest BCUT2D eigenvalue weighted by molar-refractivity contribution is 5.82. The van der Waals surface area contributed by atoms with Crippen LogP contribution in [0.2, 0.25) is 0 Å². The zero-order valence-corrected chi connectivity index (χ0v) is 13.1. The van der Waals surface area contributed by atoms with Gasteiger partial charge in [-0.05, 0) is 19.3 Å². The van der Waals surface area contributed by atoms with Gasteiger partial charge in [-0.2, -0.15) is 0 Å². The summed E-state index contributed by atoms with van der Waals surface area (Å²) in [6.07, 6.45) is 2.03. The van der Waals surface area contributed by atoms with Gasteiger partial charge in [0.25, 0.3) is 0 Å². The molecule has 6 heteroatoms. The molecule has 120 valence electrons. The molecule has 21 heavy (non-hydrogen) atoms. The van der Waals surface area contributed by atoms with Gasteiger partial charge in [-0.25, -0.2) is 0 Å². The van der Waals surface area contributed by atoms with Crippen molar-refractivity contribution in [2.75, 3.05) is 19.6 Å². The minimum atomic E-state index is -0.851. The fraction of sp³-hybridized carbons (Fsp3) is 0.800. The molecule has 0 bridgehead atoms. The smallest absolute Gasteiger partial charge is 0.306 e. The maximum absolute atomic E-state index is 12.1. The Bertz CT molecular complexity index is 395. The van der Waals surface area contributed by atoms with Crippen LogP contribution in [0.25, 0.3) is 0 Å². The average molecular weight is 298 g/mol. The number of nitrogens with one attached hydrogen (secondary N) is 1. The lowest BCUT2D eigenvalue weighted by Crippen LogP contribution is -2.46. The molecule has 6 nitrogen and oxygen atoms in total. The fourth-order valence-electron chi connectivity index (χ4n) is 2.44. The van der Waals surface area contributed by atoms with Crippen molar-refractivity contribution in [3.63, 3.8) is 0 Å². The number of carboxylic acid groups (broad SMARTS) is 1. The summed E-state index contributed by atoms with van der Waals surface area (Å²) in [6.45, 7) is 6.89. The van der Waals surface area contributed by atoms with Gasteiger partial charge in [0.1, 0.15) is 0 Å². The van der Waals surface area contributed by atoms with Crippen LogP contribution < -0.4 is 5.32 Å². The molecule has 1 aliphatic heterocycles. The molecule has 1 saturated heterocycles. The van der Waals surface area contributed by atoms with Crippen molar-refractivity contribution in [1.29, 1.82) is 0 Å². The van der Waals surface area contributed by atoms with E-state index in [2.05, 4.69) is 5.32 Å². The van der Waals surface area contributed by atoms with Crippen molar-refractivity contribution in [2.45, 2.75) is 40.0 Å². The Balaban J connectivity index is 2.40. The number of likely N-dealkylation sites (tertiary alicyclic amines) is 1. The standard InChI is InChI=1S/C15H26N2O4/c1-10(2)14(19)17-8-4-5-12(9-17)13(18)16-7-6-11(3)15(20)21/h10-12H,4-9H2,1-3H3,(H,16,18)(H,20,21). The van der Waals surface area contributed by atoms with Crippen molar-refractivity contribution in [3.05, 3.63) is 0 Å². The first-order valence-electron chi connectivity index (χ1n) is 7.62. The van der Waals surface area contributed by atoms with Crippen LogP contribution in [0.1, 0.15) is 40.0 Å². The molecule has 0 aromatic rings. The highest BCUT2D eigenvalue weighted by Crippen LogP contribution is 2.18. The lowest BCUT2D eigenvalue weighted by atomic mass is 9.96. The zero-order valence-electron chi connectivity index (χ0n) is 13.1. The molecule has 0 spiro atoms. The van der Waals surface area contributed by atoms with Gasteiger partial charge in [0, 0.05) is 25.6 Å². The molecular weight excluding hydrogens is 272 g/mol. The molecular formula is C15H26N2O4. The normalized spacial score (nSPS) is 20.2. The van der Waals surface area contributed by atoms with Crippen molar-refractivity contribution >= 4 is 17.8 Å². The molecule has 1 fully saturated rings. The minimum absolute atomic E-state index is 0.0526. The Hall–Kier alpha value is -1.59. The summed E-state index contributed by atoms with van der Waals surface area (Å²) < 4.78 is 0. The molecule has 2 amide bonds. The Morgan fingerprint density at radius 3 is 2.52 bits per heavy atom. The van der Waals surface area contributed by atoms with Crippen LogP contribution in [0.15, 0.2) is 0 Å². The Labute approximate surface area is 125 Å². The summed E-state index contributed by atoms with van der Waals surface area (Å²) in [5.74, 6) is -1.53. The predicted molar refractivity (Wildman–Crippen MR) is 78.6 cm³/mol. The number of carboxylic acids is 1. The van der Waals surface area contributed by atoms with Crippen LogP contribution in [0.3, 0.4) is 0 Å². The van der Waals surface area contributed by atoms with E-state index in [0.29, 0.717) is 19.5 Å². The second-order valence-corrected chi connectivity index (χ2v) is 6.10. The number of carbonyl (C=O) groups is 3. The molecule has 0 aliphatic carbocycles. The van der Waals surface area contributed by atoms with E-state index in [-0.39, 0.29) is 23.7 Å². The highest BCUT2D eigenvalue weighted by atomic mass is 16.4. The van der Waals surface area contributed by atoms with Gasteiger partial charge in [0.15, 0.2) is 0 Å². The summed E-state index contributed by atoms with van der Waals surface area (Å²) in [6, 6.07) is 0. The number of hydrogen-bond donors (Lipinski definition) is 2. The van der Waals surface area contributed by atoms with Gasteiger partial charge in [-0.1, -0.05) is 20.8 Å². The maximum Gasteiger partial charge on any atom is 0.306 e. The first kappa shape index (κ1) is 17.5. The third-order valence-electron chi connectivity index (χ3n) is 3.90. The summed E-state index contributed by atoms with van der Waals surface area (Å²) in [5, 5.41) is 11.6. The predicted octanol–water partition coefficient (Wildman–Crippen LogP) is 1.11. The van der Waals surface area contributed by atoms with E-state index in [1.807, 2.05) is 13.8 Å². The van der Waals surface area contributed by atoms with E-state index < -0.39 is 11.9 Å². The molecule has 1 aliphatic rings. The van der Waals surface area contributed by atoms with E-state index in [9.17, 15) is 14.4 Å². The van der Waals surface area contributed by atoms with Gasteiger partial charge in [0.05, 0.1) is 11.8 Å². The van der Waals surface area contributed by atoms with Gasteiger partial charge in [-0.15, -0.1) is 0 Å². The number of aliphatic carboxylic acids is 1. The van der Waals surface area contributed by atoms with E-state index in [1.54, 1.807) is 11.8 Å². The minimum Gasteiger partial charge on any atom is -0.481 e. The first-order valence-corrected chi connectivity index (χ1v) is 7.62. The highest BCUT2D eigenvalue weighted by Gasteiger charge is 2.29. The number of carbonyl (C=O) groups excluding carboxylic acids is 2. The summed E-state index contributed by atoms with van der Waals surface area (Å²) in [4.78, 5) is 36.5. The zero-order chi connectivity index (χ0) is 16.0. The lowest BCUT2D eigenvalue weighted by Gasteiger charge is -2.33. The molecule has 0 aromatic heterocycles. The Morgan fingerprint density at radius 1 is 1.29 bits per heavy atom. The summed E-state index contributed by atoms with van der Waals surface area (Å²) >= 11 is 0. The molecule has 2 atom stereocenters. The molecule has 0 saturated carbocycles. The number of amides is 2. The number of rotatable bonds is 6. The van der Waals surface area contributed by atoms with E-state index in [1.165, 1.54) is 0 Å². The lowest BCUT2D eigenvalue weighted by molar-refractivity contribution is -0.142. The third kappa shape index (κ3) is 5.36. The average Bonchev–Trinajstić information content (AvgIpc) is 2.46. The summed E-state index contributed by atoms with van der Waals surface area (Å²) in [5.41, 5.74) is 0. The van der Waals surface area contributed by atoms with Crippen LogP contribution in [-0.4, -0.2) is 47.4 Å². The quantitative estimate of drug-likeness (QED) is 0.769. The molecule has 0 radical (unpaired) electrons. The number of nitrogens with zero attached hydrogens (tertiary/aromatic N) is 1. The second kappa shape index (κ2) is 8.00. The second-order valence-electron chi connectivity index (χ2n) is 6.10. The molecule has 2 unspecified atom stereocenters. The van der Waals surface area contributed by atoms with E-state index >= 15 is 0 Å². The first-order chi connectivity index (χ1) is 9.82. The third-order valence-corrected chi connectivity index (χ3v) is 3.90. The summed E-state index contributed by atoms with van der Waals surface area (Å²) in [7, 11) is 0. The van der Waals surface area contributed by atoms with Crippen LogP contribution in [0.4, 0.5) is 0 Å². The topological polar surface area (TPSA) is 86.7 Å². The monoisotopic (exact) mass is 298 g/mol. The maximum atomic E-state index is 12.1. The Morgan fingerprint density at radius 2 is 1.95 bits per heavy atom. The molecule has 1 rings (SSSR count). The van der Waals surface area contributed by atoms with Crippen molar-refractivity contribution in [3.8, 4) is 0 Å². The number of piperidine rings is 1. The van der Waals surface area contributed by atoms with E-state index in [4.69, 9.17) is 5.11 Å². The SMILES string of the molecule is CC(C)C(=O)N1CCCC(C(=O)NCCC(C)C(=O)O)C1. The van der Waals surface area contributed by atoms with Crippen LogP contribution in [-0.2, 0) is 14.4 Å². The molecule has 0 aromatic carbocycles. The van der Waals surface area contributed by atoms with E-state index in [0.717, 1.165) is 19.4 Å². The van der Waals surface area contributed by atoms with Crippen LogP contribution >= 0.6 is 0 Å². The number of hydrogen-bond acceptors (Lipinski definition) is 3. The molecule has 1 heterocycles. The van der Waals surface area contributed by atoms with Gasteiger partial charge in [0.2, 0.25) is 11.8 Å². The molecule has 2 N–H and O–H groups in total.